The van der Waals surface area contributed by atoms with Crippen LogP contribution in [0.15, 0.2) is 34.4 Å². The van der Waals surface area contributed by atoms with Gasteiger partial charge in [0.15, 0.2) is 11.0 Å². The molecule has 0 bridgehead atoms. The van der Waals surface area contributed by atoms with E-state index in [1.54, 1.807) is 12.5 Å². The van der Waals surface area contributed by atoms with Gasteiger partial charge in [0, 0.05) is 6.07 Å². The fourth-order valence-electron chi connectivity index (χ4n) is 2.15. The van der Waals surface area contributed by atoms with Crippen molar-refractivity contribution in [2.24, 2.45) is 0 Å². The Balaban J connectivity index is 2.07. The summed E-state index contributed by atoms with van der Waals surface area (Å²) in [6.45, 7) is 0. The lowest BCUT2D eigenvalue weighted by atomic mass is 10.3. The van der Waals surface area contributed by atoms with E-state index in [1.165, 1.54) is 46.4 Å². The van der Waals surface area contributed by atoms with E-state index >= 15 is 0 Å². The zero-order chi connectivity index (χ0) is 19.6. The smallest absolute Gasteiger partial charge is 0.225 e. The van der Waals surface area contributed by atoms with Crippen molar-refractivity contribution in [3.05, 3.63) is 40.7 Å². The summed E-state index contributed by atoms with van der Waals surface area (Å²) in [5, 5.41) is 14.6. The Labute approximate surface area is 167 Å². The number of aromatic nitrogens is 4. The normalized spacial score (nSPS) is 10.6. The monoisotopic (exact) mass is 422 g/mol. The summed E-state index contributed by atoms with van der Waals surface area (Å²) in [6, 6.07) is 7.32. The number of ether oxygens (including phenoxy) is 1. The van der Waals surface area contributed by atoms with Gasteiger partial charge in [0.25, 0.3) is 0 Å². The molecule has 3 rings (SSSR count). The molecular formula is C16H12ClFN6OS2. The number of halogens is 2. The highest BCUT2D eigenvalue weighted by atomic mass is 35.5. The lowest BCUT2D eigenvalue weighted by Gasteiger charge is -2.10. The molecule has 0 amide bonds. The van der Waals surface area contributed by atoms with Gasteiger partial charge in [-0.25, -0.2) is 9.37 Å². The van der Waals surface area contributed by atoms with Gasteiger partial charge in [0.1, 0.15) is 34.0 Å². The highest BCUT2D eigenvalue weighted by Gasteiger charge is 2.18. The van der Waals surface area contributed by atoms with E-state index < -0.39 is 5.82 Å². The summed E-state index contributed by atoms with van der Waals surface area (Å²) >= 11 is 8.60. The van der Waals surface area contributed by atoms with Crippen molar-refractivity contribution in [3.63, 3.8) is 0 Å². The minimum Gasteiger partial charge on any atom is -0.437 e. The molecule has 0 radical (unpaired) electrons. The minimum absolute atomic E-state index is 0.107. The van der Waals surface area contributed by atoms with Gasteiger partial charge in [-0.15, -0.1) is 11.8 Å². The number of nitrogens with two attached hydrogens (primary N) is 1. The summed E-state index contributed by atoms with van der Waals surface area (Å²) in [5.74, 6) is 0.441. The number of benzene rings is 1. The molecule has 27 heavy (non-hydrogen) atoms. The summed E-state index contributed by atoms with van der Waals surface area (Å²) in [4.78, 5) is 8.63. The maximum atomic E-state index is 13.2. The molecule has 0 saturated carbocycles. The number of nitrogens with zero attached hydrogens (tertiary/aromatic N) is 5. The van der Waals surface area contributed by atoms with Gasteiger partial charge in [-0.2, -0.15) is 20.0 Å². The first-order valence-electron chi connectivity index (χ1n) is 7.35. The van der Waals surface area contributed by atoms with E-state index in [1.807, 2.05) is 6.07 Å². The van der Waals surface area contributed by atoms with Gasteiger partial charge in [0.2, 0.25) is 5.88 Å². The van der Waals surface area contributed by atoms with E-state index in [0.29, 0.717) is 16.0 Å². The number of hydrogen-bond acceptors (Lipinski definition) is 8. The molecule has 1 aromatic carbocycles. The van der Waals surface area contributed by atoms with Crippen molar-refractivity contribution in [2.45, 2.75) is 10.2 Å². The average molecular weight is 423 g/mol. The molecular weight excluding hydrogens is 411 g/mol. The molecule has 0 aliphatic heterocycles. The molecule has 7 nitrogen and oxygen atoms in total. The van der Waals surface area contributed by atoms with Gasteiger partial charge in [-0.1, -0.05) is 23.4 Å². The minimum atomic E-state index is -0.474. The summed E-state index contributed by atoms with van der Waals surface area (Å²) < 4.78 is 20.3. The van der Waals surface area contributed by atoms with Crippen LogP contribution in [0.1, 0.15) is 5.56 Å². The maximum absolute atomic E-state index is 13.2. The largest absolute Gasteiger partial charge is 0.437 e. The molecule has 0 unspecified atom stereocenters. The van der Waals surface area contributed by atoms with E-state index in [2.05, 4.69) is 15.1 Å². The zero-order valence-corrected chi connectivity index (χ0v) is 16.5. The highest BCUT2D eigenvalue weighted by Crippen LogP contribution is 2.32. The van der Waals surface area contributed by atoms with Crippen molar-refractivity contribution in [3.8, 4) is 23.5 Å². The molecule has 0 aliphatic carbocycles. The second kappa shape index (κ2) is 8.04. The number of anilines is 1. The summed E-state index contributed by atoms with van der Waals surface area (Å²) in [6.07, 6.45) is 3.60. The van der Waals surface area contributed by atoms with Crippen molar-refractivity contribution in [1.82, 2.24) is 19.7 Å². The Kier molecular flexibility index (Phi) is 5.74. The molecule has 0 spiro atoms. The average Bonchev–Trinajstić information content (AvgIpc) is 2.99. The Hall–Kier alpha value is -2.48. The second-order valence-electron chi connectivity index (χ2n) is 5.02. The Morgan fingerprint density at radius 1 is 1.26 bits per heavy atom. The van der Waals surface area contributed by atoms with Crippen molar-refractivity contribution >= 4 is 40.9 Å². The first-order chi connectivity index (χ1) is 13.0. The van der Waals surface area contributed by atoms with Crippen molar-refractivity contribution in [1.29, 1.82) is 5.26 Å². The van der Waals surface area contributed by atoms with Crippen LogP contribution in [0, 0.1) is 17.1 Å². The third kappa shape index (κ3) is 3.95. The topological polar surface area (TPSA) is 103 Å². The Bertz CT molecular complexity index is 1050. The van der Waals surface area contributed by atoms with E-state index in [0.717, 1.165) is 6.07 Å². The fourth-order valence-corrected chi connectivity index (χ4v) is 3.24. The fraction of sp³-hybridized carbons (Fsp3) is 0.125. The molecule has 3 aromatic rings. The molecule has 0 fully saturated rings. The zero-order valence-electron chi connectivity index (χ0n) is 14.1. The third-order valence-electron chi connectivity index (χ3n) is 3.37. The van der Waals surface area contributed by atoms with Crippen LogP contribution < -0.4 is 10.5 Å². The van der Waals surface area contributed by atoms with Gasteiger partial charge in [0.05, 0.1) is 5.02 Å². The standard InChI is InChI=1S/C16H12ClFN6OS2/c1-26-15-9(7-19)14(20)24(23-15)12-6-13(22-16(21-12)27-2)25-11-4-3-8(18)5-10(11)17/h3-6H,20H2,1-2H3. The summed E-state index contributed by atoms with van der Waals surface area (Å²) in [7, 11) is 0. The van der Waals surface area contributed by atoms with Gasteiger partial charge in [-0.05, 0) is 30.7 Å². The molecule has 2 heterocycles. The molecule has 2 aromatic heterocycles. The lowest BCUT2D eigenvalue weighted by molar-refractivity contribution is 0.453. The van der Waals surface area contributed by atoms with Crippen LogP contribution >= 0.6 is 35.1 Å². The van der Waals surface area contributed by atoms with Gasteiger partial charge < -0.3 is 10.5 Å². The van der Waals surface area contributed by atoms with Crippen molar-refractivity contribution < 1.29 is 9.13 Å². The summed E-state index contributed by atoms with van der Waals surface area (Å²) in [5.41, 5.74) is 6.32. The van der Waals surface area contributed by atoms with Gasteiger partial charge in [-0.3, -0.25) is 0 Å². The Morgan fingerprint density at radius 2 is 2.04 bits per heavy atom. The molecule has 138 valence electrons. The molecule has 0 saturated heterocycles. The van der Waals surface area contributed by atoms with Crippen LogP contribution in [0.25, 0.3) is 5.82 Å². The Morgan fingerprint density at radius 3 is 2.63 bits per heavy atom. The number of nitriles is 1. The predicted molar refractivity (Wildman–Crippen MR) is 103 cm³/mol. The van der Waals surface area contributed by atoms with E-state index in [4.69, 9.17) is 22.1 Å². The molecule has 11 heteroatoms. The highest BCUT2D eigenvalue weighted by molar-refractivity contribution is 7.98. The second-order valence-corrected chi connectivity index (χ2v) is 7.00. The first-order valence-corrected chi connectivity index (χ1v) is 10.2. The van der Waals surface area contributed by atoms with Gasteiger partial charge >= 0.3 is 0 Å². The lowest BCUT2D eigenvalue weighted by Crippen LogP contribution is -2.06. The molecule has 0 aliphatic rings. The van der Waals surface area contributed by atoms with Crippen LogP contribution in [-0.4, -0.2) is 32.3 Å². The quantitative estimate of drug-likeness (QED) is 0.483. The van der Waals surface area contributed by atoms with E-state index in [9.17, 15) is 9.65 Å². The molecule has 0 atom stereocenters. The van der Waals surface area contributed by atoms with E-state index in [-0.39, 0.29) is 28.0 Å². The predicted octanol–water partition coefficient (Wildman–Crippen LogP) is 4.14. The SMILES string of the molecule is CSc1nc(Oc2ccc(F)cc2Cl)cc(-n2nc(SC)c(C#N)c2N)n1. The number of hydrogen-bond donors (Lipinski definition) is 1. The van der Waals surface area contributed by atoms with Crippen molar-refractivity contribution in [2.75, 3.05) is 18.2 Å². The molecule has 2 N–H and O–H groups in total. The van der Waals surface area contributed by atoms with Crippen LogP contribution in [0.3, 0.4) is 0 Å². The van der Waals surface area contributed by atoms with Crippen LogP contribution in [-0.2, 0) is 0 Å². The number of nitrogen functional groups attached to an aromatic ring is 1. The number of rotatable bonds is 5. The first kappa shape index (κ1) is 19.3. The maximum Gasteiger partial charge on any atom is 0.225 e. The third-order valence-corrected chi connectivity index (χ3v) is 4.89. The number of thioether (sulfide) groups is 2. The van der Waals surface area contributed by atoms with Crippen LogP contribution in [0.5, 0.6) is 11.6 Å². The van der Waals surface area contributed by atoms with Crippen LogP contribution in [0.2, 0.25) is 5.02 Å². The van der Waals surface area contributed by atoms with Crippen LogP contribution in [0.4, 0.5) is 10.2 Å².